The van der Waals surface area contributed by atoms with Crippen LogP contribution in [-0.4, -0.2) is 48.4 Å². The number of likely N-dealkylation sites (tertiary alicyclic amines) is 1. The van der Waals surface area contributed by atoms with E-state index in [-0.39, 0.29) is 23.3 Å². The predicted molar refractivity (Wildman–Crippen MR) is 105 cm³/mol. The smallest absolute Gasteiger partial charge is 0.254 e. The van der Waals surface area contributed by atoms with Crippen LogP contribution in [0.5, 0.6) is 0 Å². The lowest BCUT2D eigenvalue weighted by molar-refractivity contribution is -0.121. The third kappa shape index (κ3) is 3.35. The van der Waals surface area contributed by atoms with Gasteiger partial charge in [0, 0.05) is 44.6 Å². The lowest BCUT2D eigenvalue weighted by Gasteiger charge is -2.44. The molecule has 2 aliphatic rings. The van der Waals surface area contributed by atoms with Crippen LogP contribution < -0.4 is 10.6 Å². The third-order valence-corrected chi connectivity index (χ3v) is 5.84. The Morgan fingerprint density at radius 3 is 2.63 bits per heavy atom. The van der Waals surface area contributed by atoms with Gasteiger partial charge in [0.2, 0.25) is 5.91 Å². The summed E-state index contributed by atoms with van der Waals surface area (Å²) in [6, 6.07) is 17.8. The third-order valence-electron chi connectivity index (χ3n) is 5.84. The number of carbonyl (C=O) groups excluding carboxylic acids is 2. The van der Waals surface area contributed by atoms with E-state index >= 15 is 0 Å². The molecule has 2 fully saturated rings. The minimum absolute atomic E-state index is 0.00194. The van der Waals surface area contributed by atoms with Gasteiger partial charge in [-0.3, -0.25) is 9.59 Å². The average Bonchev–Trinajstić information content (AvgIpc) is 3.10. The molecule has 2 atom stereocenters. The molecule has 0 aliphatic carbocycles. The summed E-state index contributed by atoms with van der Waals surface area (Å²) in [5, 5.41) is 6.55. The highest BCUT2D eigenvalue weighted by molar-refractivity contribution is 6.01. The van der Waals surface area contributed by atoms with Crippen molar-refractivity contribution < 1.29 is 9.59 Å². The average molecular weight is 363 g/mol. The molecule has 4 rings (SSSR count). The summed E-state index contributed by atoms with van der Waals surface area (Å²) in [7, 11) is 0. The number of hydrogen-bond acceptors (Lipinski definition) is 3. The van der Waals surface area contributed by atoms with Crippen molar-refractivity contribution in [3.63, 3.8) is 0 Å². The summed E-state index contributed by atoms with van der Waals surface area (Å²) in [5.74, 6) is 0.304. The SMILES string of the molecule is CC(=O)N[C@@]12CCN(C(=O)c3ccccc3-c3ccccc3)C[C@@H]1CNC2. The van der Waals surface area contributed by atoms with E-state index in [0.717, 1.165) is 36.2 Å². The predicted octanol–water partition coefficient (Wildman–Crippen LogP) is 2.29. The Labute approximate surface area is 159 Å². The zero-order chi connectivity index (χ0) is 18.9. The van der Waals surface area contributed by atoms with Crippen molar-refractivity contribution in [1.29, 1.82) is 0 Å². The zero-order valence-electron chi connectivity index (χ0n) is 15.6. The molecule has 27 heavy (non-hydrogen) atoms. The number of nitrogens with one attached hydrogen (secondary N) is 2. The second kappa shape index (κ2) is 7.16. The van der Waals surface area contributed by atoms with Crippen LogP contribution in [0.4, 0.5) is 0 Å². The molecule has 2 N–H and O–H groups in total. The van der Waals surface area contributed by atoms with Crippen molar-refractivity contribution in [1.82, 2.24) is 15.5 Å². The molecule has 2 amide bonds. The molecule has 5 nitrogen and oxygen atoms in total. The summed E-state index contributed by atoms with van der Waals surface area (Å²) < 4.78 is 0. The van der Waals surface area contributed by atoms with Crippen LogP contribution in [0.3, 0.4) is 0 Å². The van der Waals surface area contributed by atoms with Crippen molar-refractivity contribution >= 4 is 11.8 Å². The number of rotatable bonds is 3. The summed E-state index contributed by atoms with van der Waals surface area (Å²) in [4.78, 5) is 26.9. The fraction of sp³-hybridized carbons (Fsp3) is 0.364. The van der Waals surface area contributed by atoms with Crippen molar-refractivity contribution in [2.45, 2.75) is 18.9 Å². The first-order valence-corrected chi connectivity index (χ1v) is 9.52. The van der Waals surface area contributed by atoms with E-state index in [1.54, 1.807) is 6.92 Å². The van der Waals surface area contributed by atoms with E-state index in [4.69, 9.17) is 0 Å². The first-order chi connectivity index (χ1) is 13.1. The highest BCUT2D eigenvalue weighted by Gasteiger charge is 2.47. The van der Waals surface area contributed by atoms with Crippen LogP contribution in [0.25, 0.3) is 11.1 Å². The molecule has 2 aromatic rings. The maximum Gasteiger partial charge on any atom is 0.254 e. The van der Waals surface area contributed by atoms with Crippen LogP contribution in [0, 0.1) is 5.92 Å². The van der Waals surface area contributed by atoms with Crippen molar-refractivity contribution in [2.24, 2.45) is 5.92 Å². The summed E-state index contributed by atoms with van der Waals surface area (Å²) in [6.07, 6.45) is 0.781. The van der Waals surface area contributed by atoms with Gasteiger partial charge < -0.3 is 15.5 Å². The summed E-state index contributed by atoms with van der Waals surface area (Å²) in [5.41, 5.74) is 2.53. The van der Waals surface area contributed by atoms with Gasteiger partial charge in [0.1, 0.15) is 0 Å². The van der Waals surface area contributed by atoms with Gasteiger partial charge in [-0.1, -0.05) is 48.5 Å². The topological polar surface area (TPSA) is 61.4 Å². The summed E-state index contributed by atoms with van der Waals surface area (Å²) in [6.45, 7) is 4.48. The molecule has 0 spiro atoms. The molecule has 0 bridgehead atoms. The van der Waals surface area contributed by atoms with Gasteiger partial charge >= 0.3 is 0 Å². The van der Waals surface area contributed by atoms with Crippen LogP contribution >= 0.6 is 0 Å². The van der Waals surface area contributed by atoms with E-state index in [1.165, 1.54) is 0 Å². The normalized spacial score (nSPS) is 24.3. The molecule has 5 heteroatoms. The molecule has 140 valence electrons. The molecular weight excluding hydrogens is 338 g/mol. The van der Waals surface area contributed by atoms with Crippen LogP contribution in [0.15, 0.2) is 54.6 Å². The number of nitrogens with zero attached hydrogens (tertiary/aromatic N) is 1. The molecule has 2 aromatic carbocycles. The van der Waals surface area contributed by atoms with E-state index in [0.29, 0.717) is 13.1 Å². The maximum absolute atomic E-state index is 13.3. The van der Waals surface area contributed by atoms with Crippen molar-refractivity contribution in [3.8, 4) is 11.1 Å². The first-order valence-electron chi connectivity index (χ1n) is 9.52. The Balaban J connectivity index is 1.58. The largest absolute Gasteiger partial charge is 0.349 e. The van der Waals surface area contributed by atoms with Gasteiger partial charge in [-0.2, -0.15) is 0 Å². The van der Waals surface area contributed by atoms with E-state index in [9.17, 15) is 9.59 Å². The zero-order valence-corrected chi connectivity index (χ0v) is 15.6. The minimum atomic E-state index is -0.221. The number of benzene rings is 2. The lowest BCUT2D eigenvalue weighted by Crippen LogP contribution is -2.61. The fourth-order valence-electron chi connectivity index (χ4n) is 4.49. The number of fused-ring (bicyclic) bond motifs is 1. The highest BCUT2D eigenvalue weighted by atomic mass is 16.2. The standard InChI is InChI=1S/C22H25N3O2/c1-16(26)24-22-11-12-25(14-18(22)13-23-15-22)21(27)20-10-6-5-9-19(20)17-7-3-2-4-8-17/h2-10,18,23H,11-15H2,1H3,(H,24,26)/t18-,22+/m0/s1. The monoisotopic (exact) mass is 363 g/mol. The van der Waals surface area contributed by atoms with Crippen molar-refractivity contribution in [3.05, 3.63) is 60.2 Å². The van der Waals surface area contributed by atoms with E-state index in [2.05, 4.69) is 10.6 Å². The van der Waals surface area contributed by atoms with Crippen LogP contribution in [0.1, 0.15) is 23.7 Å². The van der Waals surface area contributed by atoms with Gasteiger partial charge in [-0.25, -0.2) is 0 Å². The van der Waals surface area contributed by atoms with Gasteiger partial charge in [0.05, 0.1) is 5.54 Å². The molecule has 0 unspecified atom stereocenters. The van der Waals surface area contributed by atoms with Gasteiger partial charge in [-0.15, -0.1) is 0 Å². The Morgan fingerprint density at radius 2 is 1.85 bits per heavy atom. The Kier molecular flexibility index (Phi) is 4.70. The number of hydrogen-bond donors (Lipinski definition) is 2. The highest BCUT2D eigenvalue weighted by Crippen LogP contribution is 2.33. The Hall–Kier alpha value is -2.66. The van der Waals surface area contributed by atoms with Gasteiger partial charge in [0.15, 0.2) is 0 Å². The molecule has 2 aliphatic heterocycles. The summed E-state index contributed by atoms with van der Waals surface area (Å²) >= 11 is 0. The molecule has 0 saturated carbocycles. The molecule has 2 saturated heterocycles. The van der Waals surface area contributed by atoms with E-state index < -0.39 is 0 Å². The molecule has 0 radical (unpaired) electrons. The van der Waals surface area contributed by atoms with E-state index in [1.807, 2.05) is 59.5 Å². The van der Waals surface area contributed by atoms with Crippen molar-refractivity contribution in [2.75, 3.05) is 26.2 Å². The number of piperidine rings is 1. The number of carbonyl (C=O) groups is 2. The fourth-order valence-corrected chi connectivity index (χ4v) is 4.49. The van der Waals surface area contributed by atoms with Crippen LogP contribution in [-0.2, 0) is 4.79 Å². The number of amides is 2. The lowest BCUT2D eigenvalue weighted by atomic mass is 9.80. The second-order valence-corrected chi connectivity index (χ2v) is 7.58. The van der Waals surface area contributed by atoms with Gasteiger partial charge in [0.25, 0.3) is 5.91 Å². The van der Waals surface area contributed by atoms with Crippen LogP contribution in [0.2, 0.25) is 0 Å². The van der Waals surface area contributed by atoms with Gasteiger partial charge in [-0.05, 0) is 23.6 Å². The Morgan fingerprint density at radius 1 is 1.11 bits per heavy atom. The second-order valence-electron chi connectivity index (χ2n) is 7.58. The minimum Gasteiger partial charge on any atom is -0.349 e. The molecular formula is C22H25N3O2. The molecule has 2 heterocycles. The quantitative estimate of drug-likeness (QED) is 0.880. The Bertz CT molecular complexity index is 852. The molecule has 0 aromatic heterocycles. The first kappa shape index (κ1) is 17.7. The maximum atomic E-state index is 13.3.